The molecule has 0 aliphatic rings. The van der Waals surface area contributed by atoms with Crippen molar-refractivity contribution in [3.05, 3.63) is 63.7 Å². The Labute approximate surface area is 166 Å². The molecule has 0 saturated carbocycles. The van der Waals surface area contributed by atoms with Crippen LogP contribution in [0.2, 0.25) is 0 Å². The van der Waals surface area contributed by atoms with Crippen molar-refractivity contribution in [2.24, 2.45) is 0 Å². The Morgan fingerprint density at radius 2 is 1.86 bits per heavy atom. The molecule has 29 heavy (non-hydrogen) atoms. The number of nitro groups is 1. The van der Waals surface area contributed by atoms with Gasteiger partial charge in [0, 0.05) is 17.3 Å². The van der Waals surface area contributed by atoms with E-state index in [4.69, 9.17) is 9.47 Å². The van der Waals surface area contributed by atoms with Gasteiger partial charge in [-0.05, 0) is 45.0 Å². The average Bonchev–Trinajstić information content (AvgIpc) is 2.68. The number of hydrogen-bond acceptors (Lipinski definition) is 7. The van der Waals surface area contributed by atoms with Crippen LogP contribution in [0.4, 0.5) is 11.4 Å². The molecule has 1 amide bonds. The Hall–Kier alpha value is -3.75. The van der Waals surface area contributed by atoms with Gasteiger partial charge in [0.25, 0.3) is 5.91 Å². The van der Waals surface area contributed by atoms with Gasteiger partial charge in [-0.2, -0.15) is 0 Å². The highest BCUT2D eigenvalue weighted by atomic mass is 16.6. The maximum atomic E-state index is 12.3. The van der Waals surface area contributed by atoms with E-state index in [0.29, 0.717) is 11.3 Å². The number of rotatable bonds is 8. The van der Waals surface area contributed by atoms with Crippen molar-refractivity contribution in [3.8, 4) is 5.75 Å². The van der Waals surface area contributed by atoms with E-state index < -0.39 is 22.9 Å². The van der Waals surface area contributed by atoms with Crippen molar-refractivity contribution in [2.45, 2.75) is 26.9 Å². The lowest BCUT2D eigenvalue weighted by atomic mass is 10.1. The quantitative estimate of drug-likeness (QED) is 0.312. The van der Waals surface area contributed by atoms with E-state index in [1.54, 1.807) is 25.1 Å². The van der Waals surface area contributed by atoms with Gasteiger partial charge in [-0.15, -0.1) is 0 Å². The fourth-order valence-corrected chi connectivity index (χ4v) is 2.41. The fourth-order valence-electron chi connectivity index (χ4n) is 2.41. The summed E-state index contributed by atoms with van der Waals surface area (Å²) < 4.78 is 10.3. The third kappa shape index (κ3) is 5.61. The molecule has 0 radical (unpaired) electrons. The number of anilines is 1. The number of nitro benzene ring substituents is 1. The molecule has 9 nitrogen and oxygen atoms in total. The molecule has 2 rings (SSSR count). The minimum absolute atomic E-state index is 0.0326. The fraction of sp³-hybridized carbons (Fsp3) is 0.250. The van der Waals surface area contributed by atoms with E-state index in [1.807, 2.05) is 0 Å². The molecule has 9 heteroatoms. The van der Waals surface area contributed by atoms with Crippen LogP contribution in [-0.2, 0) is 9.53 Å². The van der Waals surface area contributed by atoms with Gasteiger partial charge < -0.3 is 14.8 Å². The molecule has 0 unspecified atom stereocenters. The van der Waals surface area contributed by atoms with Crippen molar-refractivity contribution < 1.29 is 28.8 Å². The second-order valence-electron chi connectivity index (χ2n) is 6.05. The largest absolute Gasteiger partial charge is 0.487 e. The van der Waals surface area contributed by atoms with Gasteiger partial charge in [0.05, 0.1) is 17.1 Å². The summed E-state index contributed by atoms with van der Waals surface area (Å²) in [5.74, 6) is -1.63. The Morgan fingerprint density at radius 1 is 1.14 bits per heavy atom. The van der Waals surface area contributed by atoms with Gasteiger partial charge in [-0.3, -0.25) is 19.7 Å². The van der Waals surface area contributed by atoms with E-state index in [-0.39, 0.29) is 29.4 Å². The van der Waals surface area contributed by atoms with Gasteiger partial charge in [-0.1, -0.05) is 12.1 Å². The van der Waals surface area contributed by atoms with Gasteiger partial charge in [0.1, 0.15) is 0 Å². The van der Waals surface area contributed by atoms with E-state index in [1.165, 1.54) is 32.0 Å². The summed E-state index contributed by atoms with van der Waals surface area (Å²) >= 11 is 0. The number of carbonyl (C=O) groups excluding carboxylic acids is 3. The Bertz CT molecular complexity index is 956. The van der Waals surface area contributed by atoms with Crippen LogP contribution in [0.5, 0.6) is 5.75 Å². The zero-order valence-electron chi connectivity index (χ0n) is 16.1. The molecule has 1 N–H and O–H groups in total. The number of nitrogens with one attached hydrogen (secondary N) is 1. The molecule has 0 spiro atoms. The summed E-state index contributed by atoms with van der Waals surface area (Å²) in [6.07, 6.45) is -1.17. The van der Waals surface area contributed by atoms with Crippen LogP contribution in [0, 0.1) is 10.1 Å². The van der Waals surface area contributed by atoms with E-state index >= 15 is 0 Å². The first kappa shape index (κ1) is 21.5. The van der Waals surface area contributed by atoms with Crippen molar-refractivity contribution in [1.82, 2.24) is 0 Å². The minimum Gasteiger partial charge on any atom is -0.487 e. The van der Waals surface area contributed by atoms with E-state index in [9.17, 15) is 24.5 Å². The third-order valence-electron chi connectivity index (χ3n) is 3.88. The van der Waals surface area contributed by atoms with Crippen molar-refractivity contribution in [2.75, 3.05) is 11.9 Å². The lowest BCUT2D eigenvalue weighted by molar-refractivity contribution is -0.385. The molecule has 0 saturated heterocycles. The summed E-state index contributed by atoms with van der Waals surface area (Å²) in [4.78, 5) is 46.5. The molecule has 0 aliphatic heterocycles. The number of amides is 1. The molecule has 0 heterocycles. The number of ketones is 1. The molecule has 0 aliphatic carbocycles. The van der Waals surface area contributed by atoms with Crippen molar-refractivity contribution in [1.29, 1.82) is 0 Å². The molecule has 152 valence electrons. The zero-order chi connectivity index (χ0) is 21.6. The summed E-state index contributed by atoms with van der Waals surface area (Å²) in [6, 6.07) is 9.98. The van der Waals surface area contributed by atoms with Crippen LogP contribution in [0.3, 0.4) is 0 Å². The zero-order valence-corrected chi connectivity index (χ0v) is 16.1. The highest BCUT2D eigenvalue weighted by Gasteiger charge is 2.23. The predicted molar refractivity (Wildman–Crippen MR) is 104 cm³/mol. The van der Waals surface area contributed by atoms with Crippen LogP contribution in [0.1, 0.15) is 41.5 Å². The van der Waals surface area contributed by atoms with Gasteiger partial charge in [0.2, 0.25) is 0 Å². The van der Waals surface area contributed by atoms with E-state index in [2.05, 4.69) is 5.32 Å². The first-order valence-corrected chi connectivity index (χ1v) is 8.77. The first-order valence-electron chi connectivity index (χ1n) is 8.77. The average molecular weight is 400 g/mol. The molecule has 1 atom stereocenters. The van der Waals surface area contributed by atoms with Crippen LogP contribution < -0.4 is 10.1 Å². The Kier molecular flexibility index (Phi) is 7.02. The Morgan fingerprint density at radius 3 is 2.48 bits per heavy atom. The lowest BCUT2D eigenvalue weighted by Gasteiger charge is -2.14. The maximum Gasteiger partial charge on any atom is 0.339 e. The monoisotopic (exact) mass is 400 g/mol. The molecule has 0 bridgehead atoms. The topological polar surface area (TPSA) is 125 Å². The second-order valence-corrected chi connectivity index (χ2v) is 6.05. The number of esters is 1. The van der Waals surface area contributed by atoms with Gasteiger partial charge in [0.15, 0.2) is 17.6 Å². The number of nitrogens with zero attached hydrogens (tertiary/aromatic N) is 1. The second kappa shape index (κ2) is 9.45. The summed E-state index contributed by atoms with van der Waals surface area (Å²) in [6.45, 7) is 4.68. The highest BCUT2D eigenvalue weighted by molar-refractivity contribution is 5.99. The third-order valence-corrected chi connectivity index (χ3v) is 3.88. The standard InChI is InChI=1S/C20H20N2O7/c1-4-28-18-9-8-15(11-17(18)22(26)27)20(25)29-13(3)19(24)21-16-7-5-6-14(10-16)12(2)23/h5-11,13H,4H2,1-3H3,(H,21,24)/t13-/m1/s1. The molecule has 0 fully saturated rings. The van der Waals surface area contributed by atoms with Crippen LogP contribution >= 0.6 is 0 Å². The van der Waals surface area contributed by atoms with Crippen molar-refractivity contribution >= 4 is 29.0 Å². The number of Topliss-reactive ketones (excluding diaryl/α,β-unsaturated/α-hetero) is 1. The molecule has 2 aromatic carbocycles. The minimum atomic E-state index is -1.17. The smallest absolute Gasteiger partial charge is 0.339 e. The van der Waals surface area contributed by atoms with Crippen LogP contribution in [0.25, 0.3) is 0 Å². The number of benzene rings is 2. The van der Waals surface area contributed by atoms with E-state index in [0.717, 1.165) is 6.07 Å². The van der Waals surface area contributed by atoms with Gasteiger partial charge in [-0.25, -0.2) is 4.79 Å². The van der Waals surface area contributed by atoms with Crippen molar-refractivity contribution in [3.63, 3.8) is 0 Å². The lowest BCUT2D eigenvalue weighted by Crippen LogP contribution is -2.30. The molecular formula is C20H20N2O7. The van der Waals surface area contributed by atoms with Crippen LogP contribution in [-0.4, -0.2) is 35.3 Å². The molecule has 0 aromatic heterocycles. The SMILES string of the molecule is CCOc1ccc(C(=O)O[C@H](C)C(=O)Nc2cccc(C(C)=O)c2)cc1[N+](=O)[O-]. The Balaban J connectivity index is 2.09. The number of carbonyl (C=O) groups is 3. The summed E-state index contributed by atoms with van der Waals surface area (Å²) in [7, 11) is 0. The number of ether oxygens (including phenoxy) is 2. The number of hydrogen-bond donors (Lipinski definition) is 1. The normalized spacial score (nSPS) is 11.3. The highest BCUT2D eigenvalue weighted by Crippen LogP contribution is 2.28. The maximum absolute atomic E-state index is 12.3. The first-order chi connectivity index (χ1) is 13.7. The van der Waals surface area contributed by atoms with Gasteiger partial charge >= 0.3 is 11.7 Å². The summed E-state index contributed by atoms with van der Waals surface area (Å²) in [5, 5.41) is 13.7. The predicted octanol–water partition coefficient (Wildman–Crippen LogP) is 3.38. The van der Waals surface area contributed by atoms with Crippen LogP contribution in [0.15, 0.2) is 42.5 Å². The summed E-state index contributed by atoms with van der Waals surface area (Å²) in [5.41, 5.74) is 0.342. The molecular weight excluding hydrogens is 380 g/mol. The molecule has 2 aromatic rings.